The molecule has 7 heteroatoms. The van der Waals surface area contributed by atoms with Gasteiger partial charge in [-0.25, -0.2) is 0 Å². The highest BCUT2D eigenvalue weighted by Crippen LogP contribution is 2.23. The molecule has 0 atom stereocenters. The Morgan fingerprint density at radius 2 is 1.77 bits per heavy atom. The zero-order valence-corrected chi connectivity index (χ0v) is 12.6. The highest BCUT2D eigenvalue weighted by atomic mass is 35.5. The summed E-state index contributed by atoms with van der Waals surface area (Å²) < 4.78 is 5.40. The predicted octanol–water partition coefficient (Wildman–Crippen LogP) is 4.30. The van der Waals surface area contributed by atoms with Crippen molar-refractivity contribution in [1.82, 2.24) is 10.2 Å². The molecular formula is C15H9Cl2N3O2. The van der Waals surface area contributed by atoms with Crippen molar-refractivity contribution < 1.29 is 9.21 Å². The van der Waals surface area contributed by atoms with E-state index in [1.54, 1.807) is 48.5 Å². The normalized spacial score (nSPS) is 10.5. The van der Waals surface area contributed by atoms with Gasteiger partial charge in [0.05, 0.1) is 0 Å². The first-order chi connectivity index (χ1) is 10.6. The summed E-state index contributed by atoms with van der Waals surface area (Å²) in [7, 11) is 0. The second-order valence-electron chi connectivity index (χ2n) is 4.38. The topological polar surface area (TPSA) is 68.0 Å². The maximum absolute atomic E-state index is 12.0. The number of carbonyl (C=O) groups is 1. The SMILES string of the molecule is O=C(Nc1nnc(-c2cccc(Cl)c2)o1)c1ccc(Cl)cc1. The average Bonchev–Trinajstić information content (AvgIpc) is 2.96. The Morgan fingerprint density at radius 3 is 2.50 bits per heavy atom. The third-order valence-electron chi connectivity index (χ3n) is 2.82. The predicted molar refractivity (Wildman–Crippen MR) is 84.1 cm³/mol. The number of nitrogens with one attached hydrogen (secondary N) is 1. The van der Waals surface area contributed by atoms with Crippen molar-refractivity contribution in [3.63, 3.8) is 0 Å². The van der Waals surface area contributed by atoms with E-state index in [9.17, 15) is 4.79 Å². The molecule has 0 radical (unpaired) electrons. The van der Waals surface area contributed by atoms with Crippen molar-refractivity contribution in [2.45, 2.75) is 0 Å². The van der Waals surface area contributed by atoms with E-state index in [-0.39, 0.29) is 17.8 Å². The molecule has 22 heavy (non-hydrogen) atoms. The smallest absolute Gasteiger partial charge is 0.322 e. The molecule has 2 aromatic carbocycles. The Labute approximate surface area is 135 Å². The van der Waals surface area contributed by atoms with E-state index in [0.717, 1.165) is 0 Å². The Morgan fingerprint density at radius 1 is 1.00 bits per heavy atom. The fourth-order valence-electron chi connectivity index (χ4n) is 1.78. The molecule has 0 fully saturated rings. The van der Waals surface area contributed by atoms with Crippen LogP contribution in [0.15, 0.2) is 52.9 Å². The van der Waals surface area contributed by atoms with Crippen LogP contribution in [0.4, 0.5) is 6.01 Å². The lowest BCUT2D eigenvalue weighted by atomic mass is 10.2. The summed E-state index contributed by atoms with van der Waals surface area (Å²) in [6.07, 6.45) is 0. The van der Waals surface area contributed by atoms with Gasteiger partial charge in [0.15, 0.2) is 0 Å². The minimum atomic E-state index is -0.363. The van der Waals surface area contributed by atoms with Crippen LogP contribution in [-0.4, -0.2) is 16.1 Å². The van der Waals surface area contributed by atoms with E-state index in [1.807, 2.05) is 0 Å². The number of aromatic nitrogens is 2. The van der Waals surface area contributed by atoms with Gasteiger partial charge in [0, 0.05) is 21.2 Å². The number of halogens is 2. The molecule has 1 N–H and O–H groups in total. The van der Waals surface area contributed by atoms with E-state index in [1.165, 1.54) is 0 Å². The second kappa shape index (κ2) is 6.17. The zero-order chi connectivity index (χ0) is 15.5. The maximum atomic E-state index is 12.0. The monoisotopic (exact) mass is 333 g/mol. The molecule has 1 amide bonds. The van der Waals surface area contributed by atoms with Crippen LogP contribution in [0.1, 0.15) is 10.4 Å². The number of nitrogens with zero attached hydrogens (tertiary/aromatic N) is 2. The van der Waals surface area contributed by atoms with Gasteiger partial charge in [0.25, 0.3) is 5.91 Å². The molecule has 0 aliphatic heterocycles. The van der Waals surface area contributed by atoms with Gasteiger partial charge >= 0.3 is 6.01 Å². The van der Waals surface area contributed by atoms with E-state index in [4.69, 9.17) is 27.6 Å². The first-order valence-corrected chi connectivity index (χ1v) is 7.04. The van der Waals surface area contributed by atoms with Gasteiger partial charge in [0.2, 0.25) is 5.89 Å². The lowest BCUT2D eigenvalue weighted by Gasteiger charge is -2.00. The van der Waals surface area contributed by atoms with Crippen molar-refractivity contribution in [3.8, 4) is 11.5 Å². The summed E-state index contributed by atoms with van der Waals surface area (Å²) >= 11 is 11.7. The standard InChI is InChI=1S/C15H9Cl2N3O2/c16-11-6-4-9(5-7-11)13(21)18-15-20-19-14(22-15)10-2-1-3-12(17)8-10/h1-8H,(H,18,20,21). The molecule has 0 unspecified atom stereocenters. The quantitative estimate of drug-likeness (QED) is 0.776. The van der Waals surface area contributed by atoms with Crippen molar-refractivity contribution in [1.29, 1.82) is 0 Å². The molecular weight excluding hydrogens is 325 g/mol. The van der Waals surface area contributed by atoms with E-state index in [2.05, 4.69) is 15.5 Å². The number of hydrogen-bond acceptors (Lipinski definition) is 4. The molecule has 0 saturated carbocycles. The largest absolute Gasteiger partial charge is 0.403 e. The first-order valence-electron chi connectivity index (χ1n) is 6.28. The summed E-state index contributed by atoms with van der Waals surface area (Å²) in [6, 6.07) is 13.5. The molecule has 0 bridgehead atoms. The number of hydrogen-bond donors (Lipinski definition) is 1. The molecule has 1 heterocycles. The summed E-state index contributed by atoms with van der Waals surface area (Å²) in [5.41, 5.74) is 1.11. The van der Waals surface area contributed by atoms with Crippen molar-refractivity contribution >= 4 is 35.1 Å². The second-order valence-corrected chi connectivity index (χ2v) is 5.26. The molecule has 1 aromatic heterocycles. The summed E-state index contributed by atoms with van der Waals surface area (Å²) in [4.78, 5) is 12.0. The van der Waals surface area contributed by atoms with Crippen LogP contribution in [-0.2, 0) is 0 Å². The van der Waals surface area contributed by atoms with E-state index < -0.39 is 0 Å². The van der Waals surface area contributed by atoms with Crippen LogP contribution < -0.4 is 5.32 Å². The minimum Gasteiger partial charge on any atom is -0.403 e. The highest BCUT2D eigenvalue weighted by molar-refractivity contribution is 6.31. The van der Waals surface area contributed by atoms with Crippen LogP contribution in [0.3, 0.4) is 0 Å². The van der Waals surface area contributed by atoms with Gasteiger partial charge < -0.3 is 4.42 Å². The highest BCUT2D eigenvalue weighted by Gasteiger charge is 2.12. The molecule has 110 valence electrons. The molecule has 0 spiro atoms. The van der Waals surface area contributed by atoms with Crippen LogP contribution in [0.2, 0.25) is 10.0 Å². The van der Waals surface area contributed by atoms with Gasteiger partial charge in [-0.05, 0) is 42.5 Å². The van der Waals surface area contributed by atoms with Gasteiger partial charge in [-0.15, -0.1) is 5.10 Å². The molecule has 0 aliphatic rings. The maximum Gasteiger partial charge on any atom is 0.322 e. The van der Waals surface area contributed by atoms with Crippen molar-refractivity contribution in [3.05, 3.63) is 64.1 Å². The summed E-state index contributed by atoms with van der Waals surface area (Å²) in [5.74, 6) is -0.0909. The van der Waals surface area contributed by atoms with Crippen molar-refractivity contribution in [2.75, 3.05) is 5.32 Å². The van der Waals surface area contributed by atoms with Crippen LogP contribution in [0.25, 0.3) is 11.5 Å². The molecule has 5 nitrogen and oxygen atoms in total. The Balaban J connectivity index is 1.77. The minimum absolute atomic E-state index is 0.00919. The summed E-state index contributed by atoms with van der Waals surface area (Å²) in [5, 5.41) is 11.3. The first kappa shape index (κ1) is 14.6. The molecule has 0 aliphatic carbocycles. The van der Waals surface area contributed by atoms with E-state index in [0.29, 0.717) is 21.2 Å². The average molecular weight is 334 g/mol. The fraction of sp³-hybridized carbons (Fsp3) is 0. The van der Waals surface area contributed by atoms with Crippen LogP contribution in [0, 0.1) is 0 Å². The lowest BCUT2D eigenvalue weighted by Crippen LogP contribution is -2.11. The van der Waals surface area contributed by atoms with Crippen LogP contribution in [0.5, 0.6) is 0 Å². The number of carbonyl (C=O) groups excluding carboxylic acids is 1. The van der Waals surface area contributed by atoms with Gasteiger partial charge in [-0.3, -0.25) is 10.1 Å². The Hall–Kier alpha value is -2.37. The number of rotatable bonds is 3. The van der Waals surface area contributed by atoms with E-state index >= 15 is 0 Å². The van der Waals surface area contributed by atoms with Gasteiger partial charge in [-0.1, -0.05) is 34.4 Å². The molecule has 3 aromatic rings. The molecule has 3 rings (SSSR count). The van der Waals surface area contributed by atoms with Crippen molar-refractivity contribution in [2.24, 2.45) is 0 Å². The molecule has 0 saturated heterocycles. The van der Waals surface area contributed by atoms with Crippen LogP contribution >= 0.6 is 23.2 Å². The Kier molecular flexibility index (Phi) is 4.09. The zero-order valence-electron chi connectivity index (χ0n) is 11.1. The number of benzene rings is 2. The summed E-state index contributed by atoms with van der Waals surface area (Å²) in [6.45, 7) is 0. The fourth-order valence-corrected chi connectivity index (χ4v) is 2.10. The van der Waals surface area contributed by atoms with Gasteiger partial charge in [0.1, 0.15) is 0 Å². The third kappa shape index (κ3) is 3.27. The number of amides is 1. The third-order valence-corrected chi connectivity index (χ3v) is 3.31. The lowest BCUT2D eigenvalue weighted by molar-refractivity contribution is 0.102. The Bertz CT molecular complexity index is 816. The van der Waals surface area contributed by atoms with Gasteiger partial charge in [-0.2, -0.15) is 0 Å². The number of anilines is 1.